The third-order valence-corrected chi connectivity index (χ3v) is 6.73. The Hall–Kier alpha value is -2.66. The molecule has 0 radical (unpaired) electrons. The van der Waals surface area contributed by atoms with E-state index in [2.05, 4.69) is 77.0 Å². The number of carbonyl (C=O) groups is 1. The zero-order valence-corrected chi connectivity index (χ0v) is 19.0. The van der Waals surface area contributed by atoms with Gasteiger partial charge in [0.25, 0.3) is 0 Å². The SMILES string of the molecule is CC=C1CCCC(N2CCC(NCc3cncn3Cc3ccc(C)cc3)C2=O)C1=CC. The Morgan fingerprint density at radius 3 is 2.71 bits per heavy atom. The van der Waals surface area contributed by atoms with Gasteiger partial charge in [-0.05, 0) is 63.2 Å². The molecule has 164 valence electrons. The molecule has 31 heavy (non-hydrogen) atoms. The molecule has 1 N–H and O–H groups in total. The summed E-state index contributed by atoms with van der Waals surface area (Å²) in [6.07, 6.45) is 12.4. The first kappa shape index (κ1) is 21.6. The number of hydrogen-bond acceptors (Lipinski definition) is 3. The Kier molecular flexibility index (Phi) is 6.71. The average molecular weight is 419 g/mol. The van der Waals surface area contributed by atoms with Crippen molar-refractivity contribution in [3.8, 4) is 0 Å². The molecule has 1 saturated heterocycles. The number of amides is 1. The van der Waals surface area contributed by atoms with Crippen molar-refractivity contribution < 1.29 is 4.79 Å². The molecule has 2 aromatic rings. The molecule has 5 nitrogen and oxygen atoms in total. The molecule has 1 saturated carbocycles. The van der Waals surface area contributed by atoms with Crippen molar-refractivity contribution in [1.29, 1.82) is 0 Å². The van der Waals surface area contributed by atoms with E-state index in [0.29, 0.717) is 6.54 Å². The first-order chi connectivity index (χ1) is 15.1. The van der Waals surface area contributed by atoms with Crippen LogP contribution in [0.15, 0.2) is 60.1 Å². The normalized spacial score (nSPS) is 24.5. The summed E-state index contributed by atoms with van der Waals surface area (Å²) in [5, 5.41) is 3.51. The summed E-state index contributed by atoms with van der Waals surface area (Å²) >= 11 is 0. The first-order valence-electron chi connectivity index (χ1n) is 11.5. The molecule has 1 aliphatic carbocycles. The molecular formula is C26H34N4O. The van der Waals surface area contributed by atoms with Gasteiger partial charge in [-0.2, -0.15) is 0 Å². The van der Waals surface area contributed by atoms with Crippen LogP contribution in [-0.4, -0.2) is 39.0 Å². The van der Waals surface area contributed by atoms with Crippen molar-refractivity contribution in [2.75, 3.05) is 6.54 Å². The lowest BCUT2D eigenvalue weighted by Crippen LogP contribution is -2.44. The van der Waals surface area contributed by atoms with Gasteiger partial charge in [0.1, 0.15) is 0 Å². The summed E-state index contributed by atoms with van der Waals surface area (Å²) < 4.78 is 2.16. The number of hydrogen-bond donors (Lipinski definition) is 1. The van der Waals surface area contributed by atoms with Crippen LogP contribution in [0.5, 0.6) is 0 Å². The molecule has 2 atom stereocenters. The number of imidazole rings is 1. The molecule has 2 unspecified atom stereocenters. The Labute approximate surface area is 185 Å². The Morgan fingerprint density at radius 1 is 1.16 bits per heavy atom. The van der Waals surface area contributed by atoms with Gasteiger partial charge >= 0.3 is 0 Å². The lowest BCUT2D eigenvalue weighted by Gasteiger charge is -2.35. The summed E-state index contributed by atoms with van der Waals surface area (Å²) in [4.78, 5) is 19.7. The largest absolute Gasteiger partial charge is 0.334 e. The minimum Gasteiger partial charge on any atom is -0.334 e. The number of rotatable bonds is 6. The molecule has 4 rings (SSSR count). The molecule has 1 aromatic heterocycles. The van der Waals surface area contributed by atoms with Gasteiger partial charge in [-0.25, -0.2) is 4.98 Å². The van der Waals surface area contributed by atoms with E-state index in [1.54, 1.807) is 0 Å². The van der Waals surface area contributed by atoms with Crippen LogP contribution in [0.3, 0.4) is 0 Å². The Morgan fingerprint density at radius 2 is 1.97 bits per heavy atom. The zero-order chi connectivity index (χ0) is 21.8. The van der Waals surface area contributed by atoms with Gasteiger partial charge in [0, 0.05) is 25.8 Å². The van der Waals surface area contributed by atoms with Crippen LogP contribution in [0.2, 0.25) is 0 Å². The molecule has 1 amide bonds. The second-order valence-corrected chi connectivity index (χ2v) is 8.72. The molecule has 2 fully saturated rings. The fourth-order valence-electron chi connectivity index (χ4n) is 4.97. The summed E-state index contributed by atoms with van der Waals surface area (Å²) in [5.41, 5.74) is 6.38. The standard InChI is InChI=1S/C26H34N4O/c1-4-21-7-6-8-25(23(21)5-2)30-14-13-24(26(30)31)28-16-22-15-27-18-29(22)17-20-11-9-19(3)10-12-20/h4-5,9-12,15,18,24-25,28H,6-8,13-14,16-17H2,1-3H3. The maximum absolute atomic E-state index is 13.2. The van der Waals surface area contributed by atoms with E-state index < -0.39 is 0 Å². The van der Waals surface area contributed by atoms with Crippen LogP contribution in [0.25, 0.3) is 0 Å². The van der Waals surface area contributed by atoms with Gasteiger partial charge in [0.2, 0.25) is 5.91 Å². The van der Waals surface area contributed by atoms with Crippen molar-refractivity contribution >= 4 is 5.91 Å². The second kappa shape index (κ2) is 9.65. The zero-order valence-electron chi connectivity index (χ0n) is 19.0. The first-order valence-corrected chi connectivity index (χ1v) is 11.5. The highest BCUT2D eigenvalue weighted by atomic mass is 16.2. The summed E-state index contributed by atoms with van der Waals surface area (Å²) in [6, 6.07) is 8.71. The molecule has 1 aromatic carbocycles. The van der Waals surface area contributed by atoms with Crippen molar-refractivity contribution in [2.24, 2.45) is 0 Å². The second-order valence-electron chi connectivity index (χ2n) is 8.72. The van der Waals surface area contributed by atoms with Gasteiger partial charge < -0.3 is 14.8 Å². The van der Waals surface area contributed by atoms with Gasteiger partial charge in [-0.15, -0.1) is 0 Å². The molecule has 5 heteroatoms. The predicted molar refractivity (Wildman–Crippen MR) is 125 cm³/mol. The fourth-order valence-corrected chi connectivity index (χ4v) is 4.97. The van der Waals surface area contributed by atoms with E-state index in [9.17, 15) is 4.79 Å². The van der Waals surface area contributed by atoms with E-state index in [0.717, 1.165) is 44.5 Å². The molecular weight excluding hydrogens is 384 g/mol. The summed E-state index contributed by atoms with van der Waals surface area (Å²) in [7, 11) is 0. The maximum Gasteiger partial charge on any atom is 0.240 e. The molecule has 0 spiro atoms. The van der Waals surface area contributed by atoms with E-state index in [4.69, 9.17) is 0 Å². The molecule has 0 bridgehead atoms. The van der Waals surface area contributed by atoms with Gasteiger partial charge in [-0.1, -0.05) is 42.0 Å². The van der Waals surface area contributed by atoms with Gasteiger partial charge in [0.05, 0.1) is 24.1 Å². The van der Waals surface area contributed by atoms with Crippen molar-refractivity contribution in [3.63, 3.8) is 0 Å². The third-order valence-electron chi connectivity index (χ3n) is 6.73. The van der Waals surface area contributed by atoms with E-state index >= 15 is 0 Å². The number of nitrogens with one attached hydrogen (secondary N) is 1. The van der Waals surface area contributed by atoms with Crippen LogP contribution in [0.4, 0.5) is 0 Å². The van der Waals surface area contributed by atoms with E-state index in [1.165, 1.54) is 22.3 Å². The number of likely N-dealkylation sites (tertiary alicyclic amines) is 1. The number of aromatic nitrogens is 2. The molecule has 2 heterocycles. The van der Waals surface area contributed by atoms with Gasteiger partial charge in [0.15, 0.2) is 0 Å². The number of nitrogens with zero attached hydrogens (tertiary/aromatic N) is 3. The average Bonchev–Trinajstić information content (AvgIpc) is 3.39. The topological polar surface area (TPSA) is 50.2 Å². The molecule has 1 aliphatic heterocycles. The Bertz CT molecular complexity index is 970. The van der Waals surface area contributed by atoms with Crippen LogP contribution in [-0.2, 0) is 17.9 Å². The molecule has 2 aliphatic rings. The number of benzene rings is 1. The number of allylic oxidation sites excluding steroid dienone is 2. The number of aryl methyl sites for hydroxylation is 1. The maximum atomic E-state index is 13.2. The highest BCUT2D eigenvalue weighted by Gasteiger charge is 2.38. The summed E-state index contributed by atoms with van der Waals surface area (Å²) in [5.74, 6) is 0.242. The minimum absolute atomic E-state index is 0.114. The summed E-state index contributed by atoms with van der Waals surface area (Å²) in [6.45, 7) is 8.58. The lowest BCUT2D eigenvalue weighted by molar-refractivity contribution is -0.131. The van der Waals surface area contributed by atoms with Crippen molar-refractivity contribution in [3.05, 3.63) is 76.9 Å². The van der Waals surface area contributed by atoms with Crippen molar-refractivity contribution in [2.45, 2.75) is 71.6 Å². The quantitative estimate of drug-likeness (QED) is 0.758. The van der Waals surface area contributed by atoms with Crippen LogP contribution in [0, 0.1) is 6.92 Å². The van der Waals surface area contributed by atoms with E-state index in [-0.39, 0.29) is 18.0 Å². The van der Waals surface area contributed by atoms with Gasteiger partial charge in [-0.3, -0.25) is 4.79 Å². The van der Waals surface area contributed by atoms with Crippen LogP contribution < -0.4 is 5.32 Å². The van der Waals surface area contributed by atoms with E-state index in [1.807, 2.05) is 12.5 Å². The fraction of sp³-hybridized carbons (Fsp3) is 0.462. The number of carbonyl (C=O) groups excluding carboxylic acids is 1. The highest BCUT2D eigenvalue weighted by Crippen LogP contribution is 2.34. The van der Waals surface area contributed by atoms with Crippen LogP contribution in [0.1, 0.15) is 56.4 Å². The minimum atomic E-state index is -0.114. The monoisotopic (exact) mass is 418 g/mol. The Balaban J connectivity index is 1.38. The van der Waals surface area contributed by atoms with Crippen molar-refractivity contribution in [1.82, 2.24) is 19.8 Å². The predicted octanol–water partition coefficient (Wildman–Crippen LogP) is 4.38. The highest BCUT2D eigenvalue weighted by molar-refractivity contribution is 5.84. The lowest BCUT2D eigenvalue weighted by atomic mass is 9.84. The smallest absolute Gasteiger partial charge is 0.240 e. The van der Waals surface area contributed by atoms with Crippen LogP contribution >= 0.6 is 0 Å². The third kappa shape index (κ3) is 4.67.